The van der Waals surface area contributed by atoms with Crippen molar-refractivity contribution < 1.29 is 14.7 Å². The quantitative estimate of drug-likeness (QED) is 0.800. The van der Waals surface area contributed by atoms with Crippen molar-refractivity contribution in [1.29, 1.82) is 0 Å². The number of carbonyl (C=O) groups excluding carboxylic acids is 1. The lowest BCUT2D eigenvalue weighted by Crippen LogP contribution is -2.27. The third kappa shape index (κ3) is 5.74. The molecule has 0 radical (unpaired) electrons. The number of aliphatic carboxylic acids is 1. The van der Waals surface area contributed by atoms with Crippen LogP contribution < -0.4 is 5.32 Å². The Morgan fingerprint density at radius 2 is 1.85 bits per heavy atom. The van der Waals surface area contributed by atoms with Crippen molar-refractivity contribution in [1.82, 2.24) is 5.32 Å². The molecular formula is C15H20BrNO3. The Morgan fingerprint density at radius 1 is 1.25 bits per heavy atom. The van der Waals surface area contributed by atoms with E-state index >= 15 is 0 Å². The minimum atomic E-state index is -0.831. The van der Waals surface area contributed by atoms with E-state index in [-0.39, 0.29) is 11.8 Å². The summed E-state index contributed by atoms with van der Waals surface area (Å²) in [7, 11) is 0. The smallest absolute Gasteiger partial charge is 0.306 e. The highest BCUT2D eigenvalue weighted by atomic mass is 79.9. The van der Waals surface area contributed by atoms with Gasteiger partial charge in [-0.05, 0) is 30.0 Å². The van der Waals surface area contributed by atoms with Gasteiger partial charge < -0.3 is 10.4 Å². The first-order chi connectivity index (χ1) is 9.40. The fourth-order valence-electron chi connectivity index (χ4n) is 1.81. The first kappa shape index (κ1) is 16.7. The molecule has 2 unspecified atom stereocenters. The maximum atomic E-state index is 11.8. The number of carbonyl (C=O) groups is 2. The molecule has 2 atom stereocenters. The summed E-state index contributed by atoms with van der Waals surface area (Å²) in [5.41, 5.74) is 1.11. The van der Waals surface area contributed by atoms with Crippen molar-refractivity contribution in [2.45, 2.75) is 32.6 Å². The molecule has 0 saturated carbocycles. The number of hydrogen-bond donors (Lipinski definition) is 2. The van der Waals surface area contributed by atoms with E-state index in [2.05, 4.69) is 21.2 Å². The van der Waals surface area contributed by atoms with Crippen LogP contribution in [-0.2, 0) is 9.59 Å². The average molecular weight is 342 g/mol. The van der Waals surface area contributed by atoms with Gasteiger partial charge in [-0.15, -0.1) is 0 Å². The summed E-state index contributed by atoms with van der Waals surface area (Å²) in [4.78, 5) is 22.4. The number of nitrogens with one attached hydrogen (secondary N) is 1. The van der Waals surface area contributed by atoms with Crippen LogP contribution in [0.3, 0.4) is 0 Å². The Hall–Kier alpha value is -1.36. The van der Waals surface area contributed by atoms with Gasteiger partial charge in [0.1, 0.15) is 0 Å². The van der Waals surface area contributed by atoms with Gasteiger partial charge in [0, 0.05) is 17.4 Å². The average Bonchev–Trinajstić information content (AvgIpc) is 2.39. The second-order valence-corrected chi connectivity index (χ2v) is 5.95. The molecule has 0 aliphatic carbocycles. The van der Waals surface area contributed by atoms with Crippen LogP contribution in [0, 0.1) is 5.92 Å². The summed E-state index contributed by atoms with van der Waals surface area (Å²) in [6, 6.07) is 7.90. The van der Waals surface area contributed by atoms with Crippen LogP contribution >= 0.6 is 15.9 Å². The summed E-state index contributed by atoms with van der Waals surface area (Å²) in [6.07, 6.45) is 0.858. The van der Waals surface area contributed by atoms with E-state index in [1.165, 1.54) is 0 Å². The fourth-order valence-corrected chi connectivity index (χ4v) is 2.08. The molecule has 1 aromatic rings. The molecule has 1 aromatic carbocycles. The third-order valence-electron chi connectivity index (χ3n) is 3.25. The molecule has 1 rings (SSSR count). The molecule has 1 amide bonds. The summed E-state index contributed by atoms with van der Waals surface area (Å²) < 4.78 is 1.01. The lowest BCUT2D eigenvalue weighted by Gasteiger charge is -2.13. The molecule has 0 saturated heterocycles. The molecule has 5 heteroatoms. The number of carboxylic acids is 1. The minimum Gasteiger partial charge on any atom is -0.481 e. The minimum absolute atomic E-state index is 0.0435. The molecule has 0 spiro atoms. The lowest BCUT2D eigenvalue weighted by atomic mass is 9.97. The molecular weight excluding hydrogens is 322 g/mol. The van der Waals surface area contributed by atoms with Gasteiger partial charge in [-0.25, -0.2) is 0 Å². The molecule has 0 aliphatic rings. The van der Waals surface area contributed by atoms with Gasteiger partial charge in [0.2, 0.25) is 5.91 Å². The summed E-state index contributed by atoms with van der Waals surface area (Å²) in [5, 5.41) is 11.5. The highest BCUT2D eigenvalue weighted by molar-refractivity contribution is 9.10. The zero-order valence-electron chi connectivity index (χ0n) is 11.7. The Bertz CT molecular complexity index is 459. The van der Waals surface area contributed by atoms with Crippen molar-refractivity contribution in [3.05, 3.63) is 34.3 Å². The summed E-state index contributed by atoms with van der Waals surface area (Å²) >= 11 is 3.38. The molecule has 20 heavy (non-hydrogen) atoms. The van der Waals surface area contributed by atoms with Gasteiger partial charge in [0.05, 0.1) is 5.92 Å². The second-order valence-electron chi connectivity index (χ2n) is 5.03. The number of halogens is 1. The third-order valence-corrected chi connectivity index (χ3v) is 3.78. The van der Waals surface area contributed by atoms with Crippen LogP contribution in [0.25, 0.3) is 0 Å². The van der Waals surface area contributed by atoms with Crippen LogP contribution in [-0.4, -0.2) is 23.5 Å². The SMILES string of the molecule is CC(CCNC(=O)CC(C)c1ccc(Br)cc1)C(=O)O. The van der Waals surface area contributed by atoms with Crippen molar-refractivity contribution in [2.24, 2.45) is 5.92 Å². The predicted molar refractivity (Wildman–Crippen MR) is 81.6 cm³/mol. The summed E-state index contributed by atoms with van der Waals surface area (Å²) in [5.74, 6) is -1.17. The fraction of sp³-hybridized carbons (Fsp3) is 0.467. The molecule has 110 valence electrons. The first-order valence-corrected chi connectivity index (χ1v) is 7.44. The zero-order valence-corrected chi connectivity index (χ0v) is 13.3. The van der Waals surface area contributed by atoms with E-state index in [1.807, 2.05) is 31.2 Å². The van der Waals surface area contributed by atoms with Gasteiger partial charge in [-0.1, -0.05) is 41.9 Å². The number of amides is 1. The van der Waals surface area contributed by atoms with Crippen molar-refractivity contribution in [3.63, 3.8) is 0 Å². The predicted octanol–water partition coefficient (Wildman–Crippen LogP) is 3.17. The van der Waals surface area contributed by atoms with Gasteiger partial charge in [-0.2, -0.15) is 0 Å². The van der Waals surface area contributed by atoms with Crippen molar-refractivity contribution in [3.8, 4) is 0 Å². The number of carboxylic acid groups (broad SMARTS) is 1. The molecule has 0 fully saturated rings. The number of benzene rings is 1. The topological polar surface area (TPSA) is 66.4 Å². The standard InChI is InChI=1S/C15H20BrNO3/c1-10(15(19)20)7-8-17-14(18)9-11(2)12-3-5-13(16)6-4-12/h3-6,10-11H,7-9H2,1-2H3,(H,17,18)(H,19,20). The lowest BCUT2D eigenvalue weighted by molar-refractivity contribution is -0.141. The van der Waals surface area contributed by atoms with Crippen molar-refractivity contribution >= 4 is 27.8 Å². The molecule has 0 aliphatic heterocycles. The number of rotatable bonds is 7. The van der Waals surface area contributed by atoms with E-state index in [0.717, 1.165) is 10.0 Å². The Balaban J connectivity index is 2.35. The van der Waals surface area contributed by atoms with Crippen LogP contribution in [0.15, 0.2) is 28.7 Å². The van der Waals surface area contributed by atoms with Gasteiger partial charge in [0.25, 0.3) is 0 Å². The maximum Gasteiger partial charge on any atom is 0.306 e. The van der Waals surface area contributed by atoms with E-state index < -0.39 is 11.9 Å². The Kier molecular flexibility index (Phi) is 6.71. The first-order valence-electron chi connectivity index (χ1n) is 6.65. The van der Waals surface area contributed by atoms with E-state index in [0.29, 0.717) is 19.4 Å². The van der Waals surface area contributed by atoms with Crippen LogP contribution in [0.1, 0.15) is 38.2 Å². The molecule has 0 heterocycles. The molecule has 0 aromatic heterocycles. The van der Waals surface area contributed by atoms with Gasteiger partial charge in [0.15, 0.2) is 0 Å². The highest BCUT2D eigenvalue weighted by Crippen LogP contribution is 2.21. The van der Waals surface area contributed by atoms with Crippen LogP contribution in [0.4, 0.5) is 0 Å². The second kappa shape index (κ2) is 8.04. The van der Waals surface area contributed by atoms with Gasteiger partial charge in [-0.3, -0.25) is 9.59 Å². The van der Waals surface area contributed by atoms with Crippen LogP contribution in [0.2, 0.25) is 0 Å². The monoisotopic (exact) mass is 341 g/mol. The maximum absolute atomic E-state index is 11.8. The zero-order chi connectivity index (χ0) is 15.1. The molecule has 2 N–H and O–H groups in total. The van der Waals surface area contributed by atoms with Crippen molar-refractivity contribution in [2.75, 3.05) is 6.54 Å². The Labute approximate surface area is 127 Å². The van der Waals surface area contributed by atoms with E-state index in [9.17, 15) is 9.59 Å². The van der Waals surface area contributed by atoms with E-state index in [4.69, 9.17) is 5.11 Å². The Morgan fingerprint density at radius 3 is 2.40 bits per heavy atom. The van der Waals surface area contributed by atoms with Crippen LogP contribution in [0.5, 0.6) is 0 Å². The normalized spacial score (nSPS) is 13.6. The highest BCUT2D eigenvalue weighted by Gasteiger charge is 2.13. The molecule has 0 bridgehead atoms. The number of hydrogen-bond acceptors (Lipinski definition) is 2. The van der Waals surface area contributed by atoms with E-state index in [1.54, 1.807) is 6.92 Å². The van der Waals surface area contributed by atoms with Gasteiger partial charge >= 0.3 is 5.97 Å². The summed E-state index contributed by atoms with van der Waals surface area (Å²) in [6.45, 7) is 4.04. The molecule has 4 nitrogen and oxygen atoms in total. The largest absolute Gasteiger partial charge is 0.481 e.